The Bertz CT molecular complexity index is 530. The van der Waals surface area contributed by atoms with E-state index < -0.39 is 22.3 Å². The van der Waals surface area contributed by atoms with Crippen LogP contribution >= 0.6 is 0 Å². The van der Waals surface area contributed by atoms with Crippen molar-refractivity contribution in [3.63, 3.8) is 0 Å². The van der Waals surface area contributed by atoms with Crippen LogP contribution in [0.15, 0.2) is 16.6 Å². The van der Waals surface area contributed by atoms with Crippen molar-refractivity contribution in [3.8, 4) is 0 Å². The Morgan fingerprint density at radius 3 is 2.78 bits per heavy atom. The number of hydrogen-bond donors (Lipinski definition) is 0. The monoisotopic (exact) mass is 275 g/mol. The molecule has 0 saturated heterocycles. The van der Waals surface area contributed by atoms with Crippen molar-refractivity contribution in [2.24, 2.45) is 4.36 Å². The van der Waals surface area contributed by atoms with Crippen LogP contribution < -0.4 is 0 Å². The highest BCUT2D eigenvalue weighted by Gasteiger charge is 2.18. The lowest BCUT2D eigenvalue weighted by Crippen LogP contribution is -2.19. The van der Waals surface area contributed by atoms with Crippen molar-refractivity contribution in [2.45, 2.75) is 32.6 Å². The molecule has 0 radical (unpaired) electrons. The fourth-order valence-electron chi connectivity index (χ4n) is 1.46. The van der Waals surface area contributed by atoms with Gasteiger partial charge in [0.15, 0.2) is 0 Å². The van der Waals surface area contributed by atoms with Gasteiger partial charge in [0.25, 0.3) is 0 Å². The smallest absolute Gasteiger partial charge is 0.264 e. The maximum absolute atomic E-state index is 12.3. The number of nitrogens with zero attached hydrogens (tertiary/aromatic N) is 3. The second-order valence-electron chi connectivity index (χ2n) is 4.05. The van der Waals surface area contributed by atoms with E-state index in [4.69, 9.17) is 0 Å². The van der Waals surface area contributed by atoms with Crippen LogP contribution in [0.2, 0.25) is 0 Å². The lowest BCUT2D eigenvalue weighted by atomic mass is 10.4. The number of amides is 1. The normalized spacial score (nSPS) is 14.5. The predicted octanol–water partition coefficient (Wildman–Crippen LogP) is 1.89. The van der Waals surface area contributed by atoms with E-state index in [9.17, 15) is 13.4 Å². The molecule has 0 aliphatic heterocycles. The van der Waals surface area contributed by atoms with Gasteiger partial charge in [0, 0.05) is 17.2 Å². The molecular weight excluding hydrogens is 257 g/mol. The van der Waals surface area contributed by atoms with E-state index in [2.05, 4.69) is 9.46 Å². The first-order chi connectivity index (χ1) is 8.44. The zero-order valence-electron chi connectivity index (χ0n) is 10.8. The highest BCUT2D eigenvalue weighted by atomic mass is 32.2. The minimum Gasteiger partial charge on any atom is -0.264 e. The molecule has 1 rings (SSSR count). The van der Waals surface area contributed by atoms with Crippen LogP contribution in [0.4, 0.5) is 4.39 Å². The molecule has 0 saturated carbocycles. The Labute approximate surface area is 107 Å². The summed E-state index contributed by atoms with van der Waals surface area (Å²) >= 11 is 0. The summed E-state index contributed by atoms with van der Waals surface area (Å²) in [7, 11) is -2.56. The summed E-state index contributed by atoms with van der Waals surface area (Å²) in [6, 6.07) is 1.46. The average molecular weight is 275 g/mol. The topological polar surface area (TPSA) is 64.3 Å². The molecule has 0 fully saturated rings. The van der Waals surface area contributed by atoms with Crippen LogP contribution in [0.3, 0.4) is 0 Å². The molecule has 7 heteroatoms. The Morgan fingerprint density at radius 2 is 2.28 bits per heavy atom. The number of hydrogen-bond acceptors (Lipinski definition) is 3. The summed E-state index contributed by atoms with van der Waals surface area (Å²) in [5.41, 5.74) is 0.175. The maximum Gasteiger partial charge on any atom is 0.303 e. The number of aromatic nitrogens is 2. The molecule has 102 valence electrons. The second-order valence-corrected chi connectivity index (χ2v) is 7.13. The second kappa shape index (κ2) is 6.08. The van der Waals surface area contributed by atoms with Crippen LogP contribution in [0.1, 0.15) is 31.3 Å². The zero-order valence-corrected chi connectivity index (χ0v) is 11.6. The lowest BCUT2D eigenvalue weighted by Gasteiger charge is -2.10. The fourth-order valence-corrected chi connectivity index (χ4v) is 2.84. The van der Waals surface area contributed by atoms with Crippen LogP contribution in [-0.4, -0.2) is 37.6 Å². The summed E-state index contributed by atoms with van der Waals surface area (Å²) < 4.78 is 29.7. The number of alkyl halides is 1. The minimum atomic E-state index is -2.56. The van der Waals surface area contributed by atoms with Crippen molar-refractivity contribution in [2.75, 3.05) is 12.4 Å². The van der Waals surface area contributed by atoms with Crippen molar-refractivity contribution >= 4 is 15.6 Å². The number of aryl methyl sites for hydroxylation is 1. The van der Waals surface area contributed by atoms with Gasteiger partial charge in [-0.05, 0) is 6.07 Å². The largest absolute Gasteiger partial charge is 0.303 e. The summed E-state index contributed by atoms with van der Waals surface area (Å²) in [4.78, 5) is 12.0. The van der Waals surface area contributed by atoms with Gasteiger partial charge in [-0.15, -0.1) is 0 Å². The van der Waals surface area contributed by atoms with Gasteiger partial charge in [0.1, 0.15) is 12.4 Å². The molecule has 1 aromatic rings. The first kappa shape index (κ1) is 14.8. The fraction of sp³-hybridized carbons (Fsp3) is 0.636. The summed E-state index contributed by atoms with van der Waals surface area (Å²) in [5.74, 6) is -0.283. The van der Waals surface area contributed by atoms with Gasteiger partial charge in [-0.3, -0.25) is 9.48 Å². The van der Waals surface area contributed by atoms with E-state index in [0.717, 1.165) is 0 Å². The summed E-state index contributed by atoms with van der Waals surface area (Å²) in [6.07, 6.45) is 1.40. The lowest BCUT2D eigenvalue weighted by molar-refractivity contribution is 0.0994. The molecule has 18 heavy (non-hydrogen) atoms. The molecule has 5 nitrogen and oxygen atoms in total. The average Bonchev–Trinajstić information content (AvgIpc) is 2.77. The highest BCUT2D eigenvalue weighted by molar-refractivity contribution is 7.94. The molecule has 0 aliphatic rings. The van der Waals surface area contributed by atoms with E-state index >= 15 is 0 Å². The minimum absolute atomic E-state index is 0.00140. The molecule has 0 aliphatic carbocycles. The Kier molecular flexibility index (Phi) is 5.01. The first-order valence-electron chi connectivity index (χ1n) is 5.80. The Balaban J connectivity index is 3.12. The van der Waals surface area contributed by atoms with Crippen molar-refractivity contribution in [1.82, 2.24) is 9.78 Å². The van der Waals surface area contributed by atoms with Crippen LogP contribution in [0, 0.1) is 0 Å². The molecule has 1 unspecified atom stereocenters. The third kappa shape index (κ3) is 3.16. The van der Waals surface area contributed by atoms with E-state index in [1.165, 1.54) is 16.9 Å². The maximum atomic E-state index is 12.3. The first-order valence-corrected chi connectivity index (χ1v) is 7.55. The third-order valence-corrected chi connectivity index (χ3v) is 5.39. The molecule has 1 aromatic heterocycles. The molecule has 0 N–H and O–H groups in total. The SMILES string of the molecule is CCS(=O)(=NC(=O)c1ccnn1CCF)C(C)C. The summed E-state index contributed by atoms with van der Waals surface area (Å²) in [6.45, 7) is 4.65. The number of carbonyl (C=O) groups excluding carboxylic acids is 1. The Hall–Kier alpha value is -1.24. The van der Waals surface area contributed by atoms with Gasteiger partial charge in [-0.25, -0.2) is 8.60 Å². The van der Waals surface area contributed by atoms with E-state index in [0.29, 0.717) is 5.75 Å². The molecular formula is C11H18FN3O2S. The number of carbonyl (C=O) groups is 1. The molecule has 1 atom stereocenters. The van der Waals surface area contributed by atoms with Gasteiger partial charge < -0.3 is 0 Å². The zero-order chi connectivity index (χ0) is 13.8. The highest BCUT2D eigenvalue weighted by Crippen LogP contribution is 2.10. The van der Waals surface area contributed by atoms with Crippen LogP contribution in [-0.2, 0) is 16.3 Å². The Morgan fingerprint density at radius 1 is 1.61 bits per heavy atom. The third-order valence-electron chi connectivity index (χ3n) is 2.62. The van der Waals surface area contributed by atoms with Crippen molar-refractivity contribution < 1.29 is 13.4 Å². The van der Waals surface area contributed by atoms with Gasteiger partial charge in [-0.2, -0.15) is 9.46 Å². The van der Waals surface area contributed by atoms with E-state index in [-0.39, 0.29) is 17.5 Å². The van der Waals surface area contributed by atoms with Crippen molar-refractivity contribution in [1.29, 1.82) is 0 Å². The molecule has 1 heterocycles. The van der Waals surface area contributed by atoms with Crippen LogP contribution in [0.5, 0.6) is 0 Å². The predicted molar refractivity (Wildman–Crippen MR) is 68.8 cm³/mol. The van der Waals surface area contributed by atoms with E-state index in [1.807, 2.05) is 0 Å². The van der Waals surface area contributed by atoms with E-state index in [1.54, 1.807) is 20.8 Å². The van der Waals surface area contributed by atoms with Crippen LogP contribution in [0.25, 0.3) is 0 Å². The molecule has 0 aromatic carbocycles. The van der Waals surface area contributed by atoms with Gasteiger partial charge >= 0.3 is 5.91 Å². The van der Waals surface area contributed by atoms with Crippen molar-refractivity contribution in [3.05, 3.63) is 18.0 Å². The van der Waals surface area contributed by atoms with Gasteiger partial charge in [-0.1, -0.05) is 20.8 Å². The number of rotatable bonds is 5. The van der Waals surface area contributed by atoms with Gasteiger partial charge in [0.2, 0.25) is 0 Å². The standard InChI is InChI=1S/C11H18FN3O2S/c1-4-18(17,9(2)3)14-11(16)10-5-7-13-15(10)8-6-12/h5,7,9H,4,6,8H2,1-3H3. The summed E-state index contributed by atoms with van der Waals surface area (Å²) in [5, 5.41) is 3.63. The molecule has 0 bridgehead atoms. The van der Waals surface area contributed by atoms with Gasteiger partial charge in [0.05, 0.1) is 16.3 Å². The molecule has 0 spiro atoms. The quantitative estimate of drug-likeness (QED) is 0.824. The molecule has 1 amide bonds. The number of halogens is 1.